The number of rotatable bonds is 10. The molecule has 0 aliphatic carbocycles. The molecular weight excluding hydrogens is 565 g/mol. The Labute approximate surface area is 235 Å². The zero-order valence-electron chi connectivity index (χ0n) is 22.7. The zero-order chi connectivity index (χ0) is 30.4. The second-order valence-electron chi connectivity index (χ2n) is 9.85. The highest BCUT2D eigenvalue weighted by Gasteiger charge is 2.48. The topological polar surface area (TPSA) is 137 Å². The van der Waals surface area contributed by atoms with Crippen LogP contribution in [0.25, 0.3) is 22.5 Å². The quantitative estimate of drug-likeness (QED) is 0.205. The van der Waals surface area contributed by atoms with Crippen LogP contribution in [0.15, 0.2) is 60.9 Å². The molecule has 1 amide bonds. The van der Waals surface area contributed by atoms with E-state index in [1.807, 2.05) is 12.1 Å². The van der Waals surface area contributed by atoms with E-state index in [-0.39, 0.29) is 12.5 Å². The first-order chi connectivity index (χ1) is 19.1. The van der Waals surface area contributed by atoms with Crippen molar-refractivity contribution in [3.63, 3.8) is 0 Å². The number of amides is 1. The van der Waals surface area contributed by atoms with Gasteiger partial charge in [0.25, 0.3) is 0 Å². The maximum absolute atomic E-state index is 12.5. The highest BCUT2D eigenvalue weighted by atomic mass is 32.2. The lowest BCUT2D eigenvalue weighted by molar-refractivity contribution is -0.154. The van der Waals surface area contributed by atoms with E-state index >= 15 is 0 Å². The molecule has 1 heterocycles. The number of alkyl halides is 3. The third kappa shape index (κ3) is 8.98. The highest BCUT2D eigenvalue weighted by Crippen LogP contribution is 2.29. The molecule has 0 radical (unpaired) electrons. The van der Waals surface area contributed by atoms with Gasteiger partial charge in [-0.05, 0) is 57.5 Å². The van der Waals surface area contributed by atoms with Crippen molar-refractivity contribution in [1.29, 1.82) is 0 Å². The SMILES string of the molecule is CNC(Cc1ccc(-c2ncc(-c3ccc(OS(=O)(=O)C(F)(F)F)cc3)cn2)cc1)C(=O)NCC(=O)OC(C)(C)C. The lowest BCUT2D eigenvalue weighted by Crippen LogP contribution is -2.46. The molecule has 1 aromatic heterocycles. The van der Waals surface area contributed by atoms with Gasteiger partial charge in [0.15, 0.2) is 5.82 Å². The van der Waals surface area contributed by atoms with Crippen molar-refractivity contribution in [3.8, 4) is 28.3 Å². The molecule has 2 N–H and O–H groups in total. The number of benzene rings is 2. The molecule has 14 heteroatoms. The molecule has 0 aliphatic heterocycles. The van der Waals surface area contributed by atoms with E-state index in [1.54, 1.807) is 40.0 Å². The molecule has 0 spiro atoms. The number of halogens is 3. The second kappa shape index (κ2) is 12.6. The minimum atomic E-state index is -5.76. The van der Waals surface area contributed by atoms with E-state index in [0.29, 0.717) is 28.9 Å². The van der Waals surface area contributed by atoms with Crippen LogP contribution >= 0.6 is 0 Å². The van der Waals surface area contributed by atoms with Crippen LogP contribution in [-0.4, -0.2) is 61.0 Å². The zero-order valence-corrected chi connectivity index (χ0v) is 23.5. The van der Waals surface area contributed by atoms with Gasteiger partial charge in [0.2, 0.25) is 5.91 Å². The first-order valence-electron chi connectivity index (χ1n) is 12.3. The first-order valence-corrected chi connectivity index (χ1v) is 13.7. The van der Waals surface area contributed by atoms with Crippen LogP contribution in [0.1, 0.15) is 26.3 Å². The molecule has 1 atom stereocenters. The van der Waals surface area contributed by atoms with Gasteiger partial charge in [-0.3, -0.25) is 9.59 Å². The Bertz CT molecular complexity index is 1460. The summed E-state index contributed by atoms with van der Waals surface area (Å²) in [7, 11) is -4.11. The van der Waals surface area contributed by atoms with E-state index in [2.05, 4.69) is 24.8 Å². The van der Waals surface area contributed by atoms with Crippen LogP contribution in [0.2, 0.25) is 0 Å². The van der Waals surface area contributed by atoms with E-state index in [9.17, 15) is 31.2 Å². The van der Waals surface area contributed by atoms with E-state index in [0.717, 1.165) is 17.7 Å². The van der Waals surface area contributed by atoms with E-state index < -0.39 is 39.0 Å². The fraction of sp³-hybridized carbons (Fsp3) is 0.333. The molecule has 0 fully saturated rings. The van der Waals surface area contributed by atoms with E-state index in [4.69, 9.17) is 4.74 Å². The summed E-state index contributed by atoms with van der Waals surface area (Å²) in [5, 5.41) is 5.51. The summed E-state index contributed by atoms with van der Waals surface area (Å²) in [5.74, 6) is -0.942. The first kappa shape index (κ1) is 31.5. The summed E-state index contributed by atoms with van der Waals surface area (Å²) in [5.41, 5.74) is -3.53. The van der Waals surface area contributed by atoms with Crippen LogP contribution in [0.4, 0.5) is 13.2 Å². The number of carbonyl (C=O) groups excluding carboxylic acids is 2. The van der Waals surface area contributed by atoms with Gasteiger partial charge in [-0.2, -0.15) is 21.6 Å². The maximum atomic E-state index is 12.5. The molecule has 2 aromatic carbocycles. The molecular formula is C27H29F3N4O6S. The average Bonchev–Trinajstić information content (AvgIpc) is 2.89. The summed E-state index contributed by atoms with van der Waals surface area (Å²) in [6.45, 7) is 4.99. The molecule has 0 aliphatic rings. The molecule has 0 bridgehead atoms. The molecule has 0 saturated carbocycles. The predicted molar refractivity (Wildman–Crippen MR) is 144 cm³/mol. The van der Waals surface area contributed by atoms with Gasteiger partial charge in [0.1, 0.15) is 17.9 Å². The average molecular weight is 595 g/mol. The van der Waals surface area contributed by atoms with Crippen molar-refractivity contribution in [2.45, 2.75) is 44.3 Å². The normalized spacial score (nSPS) is 12.9. The fourth-order valence-corrected chi connectivity index (χ4v) is 3.97. The lowest BCUT2D eigenvalue weighted by Gasteiger charge is -2.20. The number of ether oxygens (including phenoxy) is 1. The Morgan fingerprint density at radius 2 is 1.46 bits per heavy atom. The van der Waals surface area contributed by atoms with Crippen LogP contribution < -0.4 is 14.8 Å². The minimum absolute atomic E-state index is 0.238. The third-order valence-corrected chi connectivity index (χ3v) is 6.45. The van der Waals surface area contributed by atoms with Crippen molar-refractivity contribution in [3.05, 3.63) is 66.5 Å². The van der Waals surface area contributed by atoms with Crippen LogP contribution in [-0.2, 0) is 30.9 Å². The van der Waals surface area contributed by atoms with Gasteiger partial charge in [-0.15, -0.1) is 0 Å². The number of esters is 1. The van der Waals surface area contributed by atoms with Crippen molar-refractivity contribution < 1.29 is 40.1 Å². The highest BCUT2D eigenvalue weighted by molar-refractivity contribution is 7.88. The Morgan fingerprint density at radius 3 is 1.98 bits per heavy atom. The van der Waals surface area contributed by atoms with Crippen molar-refractivity contribution >= 4 is 22.0 Å². The number of carbonyl (C=O) groups is 2. The Balaban J connectivity index is 1.60. The molecule has 3 aromatic rings. The monoisotopic (exact) mass is 594 g/mol. The van der Waals surface area contributed by atoms with Gasteiger partial charge >= 0.3 is 21.6 Å². The number of hydrogen-bond acceptors (Lipinski definition) is 9. The molecule has 3 rings (SSSR count). The van der Waals surface area contributed by atoms with Crippen molar-refractivity contribution in [1.82, 2.24) is 20.6 Å². The summed E-state index contributed by atoms with van der Waals surface area (Å²) in [6.07, 6.45) is 3.40. The summed E-state index contributed by atoms with van der Waals surface area (Å²) in [4.78, 5) is 33.1. The molecule has 41 heavy (non-hydrogen) atoms. The van der Waals surface area contributed by atoms with Crippen LogP contribution in [0, 0.1) is 0 Å². The Hall–Kier alpha value is -4.04. The van der Waals surface area contributed by atoms with Crippen LogP contribution in [0.3, 0.4) is 0 Å². The predicted octanol–water partition coefficient (Wildman–Crippen LogP) is 3.63. The Kier molecular flexibility index (Phi) is 9.71. The summed E-state index contributed by atoms with van der Waals surface area (Å²) in [6, 6.07) is 11.6. The van der Waals surface area contributed by atoms with Gasteiger partial charge < -0.3 is 19.6 Å². The fourth-order valence-electron chi connectivity index (χ4n) is 3.51. The van der Waals surface area contributed by atoms with Crippen molar-refractivity contribution in [2.24, 2.45) is 0 Å². The Morgan fingerprint density at radius 1 is 0.902 bits per heavy atom. The minimum Gasteiger partial charge on any atom is -0.459 e. The summed E-state index contributed by atoms with van der Waals surface area (Å²) < 4.78 is 69.1. The molecule has 220 valence electrons. The molecule has 1 unspecified atom stereocenters. The van der Waals surface area contributed by atoms with Gasteiger partial charge in [0, 0.05) is 23.5 Å². The van der Waals surface area contributed by atoms with Gasteiger partial charge in [-0.1, -0.05) is 36.4 Å². The van der Waals surface area contributed by atoms with E-state index in [1.165, 1.54) is 24.5 Å². The lowest BCUT2D eigenvalue weighted by atomic mass is 10.0. The number of nitrogens with one attached hydrogen (secondary N) is 2. The largest absolute Gasteiger partial charge is 0.534 e. The van der Waals surface area contributed by atoms with Crippen molar-refractivity contribution in [2.75, 3.05) is 13.6 Å². The maximum Gasteiger partial charge on any atom is 0.534 e. The van der Waals surface area contributed by atoms with Gasteiger partial charge in [0.05, 0.1) is 6.04 Å². The number of hydrogen-bond donors (Lipinski definition) is 2. The standard InChI is InChI=1S/C27H29F3N4O6S/c1-26(2,3)39-23(35)16-34-25(36)22(31-4)13-17-5-7-19(8-6-17)24-32-14-20(15-33-24)18-9-11-21(12-10-18)40-41(37,38)27(28,29)30/h5-12,14-15,22,31H,13,16H2,1-4H3,(H,34,36). The molecule has 0 saturated heterocycles. The smallest absolute Gasteiger partial charge is 0.459 e. The number of aromatic nitrogens is 2. The van der Waals surface area contributed by atoms with Gasteiger partial charge in [-0.25, -0.2) is 9.97 Å². The summed E-state index contributed by atoms with van der Waals surface area (Å²) >= 11 is 0. The number of likely N-dealkylation sites (N-methyl/N-ethyl adjacent to an activating group) is 1. The number of nitrogens with zero attached hydrogens (tertiary/aromatic N) is 2. The second-order valence-corrected chi connectivity index (χ2v) is 11.4. The molecule has 10 nitrogen and oxygen atoms in total. The third-order valence-electron chi connectivity index (χ3n) is 5.47. The van der Waals surface area contributed by atoms with Crippen LogP contribution in [0.5, 0.6) is 5.75 Å².